The first kappa shape index (κ1) is 23.0. The summed E-state index contributed by atoms with van der Waals surface area (Å²) in [5.41, 5.74) is 1.38. The molecular formula is C26H33N3O4. The van der Waals surface area contributed by atoms with E-state index in [-0.39, 0.29) is 17.8 Å². The number of aromatic nitrogens is 2. The molecule has 1 amide bonds. The Bertz CT molecular complexity index is 1140. The van der Waals surface area contributed by atoms with Gasteiger partial charge in [0.15, 0.2) is 0 Å². The van der Waals surface area contributed by atoms with E-state index >= 15 is 0 Å². The lowest BCUT2D eigenvalue weighted by atomic mass is 10.0. The summed E-state index contributed by atoms with van der Waals surface area (Å²) in [5.74, 6) is 0.837. The second kappa shape index (κ2) is 9.73. The third-order valence-corrected chi connectivity index (χ3v) is 5.89. The van der Waals surface area contributed by atoms with E-state index in [9.17, 15) is 9.59 Å². The van der Waals surface area contributed by atoms with E-state index < -0.39 is 5.60 Å². The van der Waals surface area contributed by atoms with E-state index in [1.807, 2.05) is 84.5 Å². The van der Waals surface area contributed by atoms with Crippen molar-refractivity contribution in [2.45, 2.75) is 58.2 Å². The number of rotatable bonds is 6. The minimum atomic E-state index is -0.511. The highest BCUT2D eigenvalue weighted by Gasteiger charge is 2.29. The van der Waals surface area contributed by atoms with Crippen molar-refractivity contribution in [2.75, 3.05) is 19.7 Å². The van der Waals surface area contributed by atoms with Crippen LogP contribution < -0.4 is 10.4 Å². The van der Waals surface area contributed by atoms with Crippen molar-refractivity contribution in [1.82, 2.24) is 14.0 Å². The summed E-state index contributed by atoms with van der Waals surface area (Å²) in [4.78, 5) is 27.6. The van der Waals surface area contributed by atoms with Gasteiger partial charge in [0.05, 0.1) is 17.6 Å². The van der Waals surface area contributed by atoms with Gasteiger partial charge in [-0.1, -0.05) is 30.3 Å². The molecule has 4 rings (SSSR count). The minimum absolute atomic E-state index is 0.00614. The van der Waals surface area contributed by atoms with Gasteiger partial charge in [0, 0.05) is 25.7 Å². The number of carbonyl (C=O) groups excluding carboxylic acids is 1. The van der Waals surface area contributed by atoms with E-state index in [2.05, 4.69) is 0 Å². The molecule has 2 aromatic carbocycles. The van der Waals surface area contributed by atoms with Crippen molar-refractivity contribution in [3.8, 4) is 5.75 Å². The Kier molecular flexibility index (Phi) is 6.77. The predicted octanol–water partition coefficient (Wildman–Crippen LogP) is 4.84. The van der Waals surface area contributed by atoms with Crippen LogP contribution in [0.15, 0.2) is 59.4 Å². The Morgan fingerprint density at radius 2 is 1.61 bits per heavy atom. The smallest absolute Gasteiger partial charge is 0.410 e. The fourth-order valence-electron chi connectivity index (χ4n) is 4.36. The Balaban J connectivity index is 1.45. The standard InChI is InChI=1S/C26H33N3O4/c1-26(2,3)33-25(31)27-17-14-20(15-18-27)29-23-13-8-7-12-22(23)28(24(29)30)16-9-19-32-21-10-5-4-6-11-21/h4-8,10-13,20H,9,14-19H2,1-3H3. The predicted molar refractivity (Wildman–Crippen MR) is 129 cm³/mol. The molecule has 7 heteroatoms. The number of benzene rings is 2. The summed E-state index contributed by atoms with van der Waals surface area (Å²) < 4.78 is 15.1. The van der Waals surface area contributed by atoms with Gasteiger partial charge in [0.2, 0.25) is 0 Å². The quantitative estimate of drug-likeness (QED) is 0.503. The monoisotopic (exact) mass is 451 g/mol. The highest BCUT2D eigenvalue weighted by Crippen LogP contribution is 2.27. The molecule has 0 N–H and O–H groups in total. The first-order valence-electron chi connectivity index (χ1n) is 11.7. The average Bonchev–Trinajstić information content (AvgIpc) is 3.07. The second-order valence-corrected chi connectivity index (χ2v) is 9.51. The van der Waals surface area contributed by atoms with Gasteiger partial charge in [-0.2, -0.15) is 0 Å². The maximum absolute atomic E-state index is 13.4. The number of hydrogen-bond acceptors (Lipinski definition) is 4. The number of ether oxygens (including phenoxy) is 2. The Morgan fingerprint density at radius 3 is 2.27 bits per heavy atom. The number of para-hydroxylation sites is 3. The van der Waals surface area contributed by atoms with Crippen molar-refractivity contribution in [1.29, 1.82) is 0 Å². The lowest BCUT2D eigenvalue weighted by molar-refractivity contribution is 0.0188. The first-order valence-corrected chi connectivity index (χ1v) is 11.7. The molecule has 0 saturated carbocycles. The number of piperidine rings is 1. The number of hydrogen-bond donors (Lipinski definition) is 0. The maximum atomic E-state index is 13.4. The van der Waals surface area contributed by atoms with E-state index in [1.54, 1.807) is 4.90 Å². The zero-order chi connectivity index (χ0) is 23.4. The molecule has 0 aliphatic carbocycles. The van der Waals surface area contributed by atoms with Gasteiger partial charge in [-0.15, -0.1) is 0 Å². The van der Waals surface area contributed by atoms with Crippen LogP contribution in [0.4, 0.5) is 4.79 Å². The van der Waals surface area contributed by atoms with E-state index in [0.717, 1.165) is 36.0 Å². The molecule has 1 fully saturated rings. The number of imidazole rings is 1. The zero-order valence-electron chi connectivity index (χ0n) is 19.7. The van der Waals surface area contributed by atoms with Crippen molar-refractivity contribution < 1.29 is 14.3 Å². The van der Waals surface area contributed by atoms with E-state index in [1.165, 1.54) is 0 Å². The summed E-state index contributed by atoms with van der Waals surface area (Å²) in [6, 6.07) is 17.7. The van der Waals surface area contributed by atoms with Crippen LogP contribution in [0.2, 0.25) is 0 Å². The molecule has 176 valence electrons. The fraction of sp³-hybridized carbons (Fsp3) is 0.462. The largest absolute Gasteiger partial charge is 0.494 e. The van der Waals surface area contributed by atoms with Crippen LogP contribution in [-0.2, 0) is 11.3 Å². The van der Waals surface area contributed by atoms with Crippen molar-refractivity contribution >= 4 is 17.1 Å². The van der Waals surface area contributed by atoms with Crippen LogP contribution in [0.1, 0.15) is 46.1 Å². The minimum Gasteiger partial charge on any atom is -0.494 e. The number of likely N-dealkylation sites (tertiary alicyclic amines) is 1. The summed E-state index contributed by atoms with van der Waals surface area (Å²) >= 11 is 0. The second-order valence-electron chi connectivity index (χ2n) is 9.51. The molecule has 3 aromatic rings. The lowest BCUT2D eigenvalue weighted by Gasteiger charge is -2.33. The van der Waals surface area contributed by atoms with E-state index in [4.69, 9.17) is 9.47 Å². The van der Waals surface area contributed by atoms with Gasteiger partial charge in [-0.3, -0.25) is 9.13 Å². The molecular weight excluding hydrogens is 418 g/mol. The van der Waals surface area contributed by atoms with Gasteiger partial charge in [0.1, 0.15) is 11.4 Å². The maximum Gasteiger partial charge on any atom is 0.410 e. The highest BCUT2D eigenvalue weighted by molar-refractivity contribution is 5.76. The molecule has 33 heavy (non-hydrogen) atoms. The van der Waals surface area contributed by atoms with Crippen LogP contribution in [0, 0.1) is 0 Å². The summed E-state index contributed by atoms with van der Waals surface area (Å²) in [5, 5.41) is 0. The van der Waals surface area contributed by atoms with Gasteiger partial charge < -0.3 is 14.4 Å². The number of carbonyl (C=O) groups is 1. The SMILES string of the molecule is CC(C)(C)OC(=O)N1CCC(n2c(=O)n(CCCOc3ccccc3)c3ccccc32)CC1. The molecule has 0 spiro atoms. The number of aryl methyl sites for hydroxylation is 1. The first-order chi connectivity index (χ1) is 15.8. The Morgan fingerprint density at radius 1 is 0.970 bits per heavy atom. The average molecular weight is 452 g/mol. The molecule has 0 bridgehead atoms. The normalized spacial score (nSPS) is 15.1. The molecule has 0 atom stereocenters. The molecule has 1 saturated heterocycles. The molecule has 1 aliphatic heterocycles. The highest BCUT2D eigenvalue weighted by atomic mass is 16.6. The Labute approximate surface area is 194 Å². The number of nitrogens with zero attached hydrogens (tertiary/aromatic N) is 3. The van der Waals surface area contributed by atoms with Crippen LogP contribution >= 0.6 is 0 Å². The number of amides is 1. The van der Waals surface area contributed by atoms with Gasteiger partial charge in [-0.25, -0.2) is 9.59 Å². The number of fused-ring (bicyclic) bond motifs is 1. The summed E-state index contributed by atoms with van der Waals surface area (Å²) in [7, 11) is 0. The summed E-state index contributed by atoms with van der Waals surface area (Å²) in [6.07, 6.45) is 1.91. The van der Waals surface area contributed by atoms with Gasteiger partial charge >= 0.3 is 11.8 Å². The van der Waals surface area contributed by atoms with Gasteiger partial charge in [0.25, 0.3) is 0 Å². The third-order valence-electron chi connectivity index (χ3n) is 5.89. The summed E-state index contributed by atoms with van der Waals surface area (Å²) in [6.45, 7) is 7.91. The molecule has 7 nitrogen and oxygen atoms in total. The van der Waals surface area contributed by atoms with Crippen LogP contribution in [-0.4, -0.2) is 45.4 Å². The molecule has 1 aliphatic rings. The van der Waals surface area contributed by atoms with Crippen molar-refractivity contribution in [3.05, 3.63) is 65.1 Å². The zero-order valence-corrected chi connectivity index (χ0v) is 19.7. The molecule has 1 aromatic heterocycles. The molecule has 2 heterocycles. The lowest BCUT2D eigenvalue weighted by Crippen LogP contribution is -2.43. The van der Waals surface area contributed by atoms with Crippen LogP contribution in [0.5, 0.6) is 5.75 Å². The van der Waals surface area contributed by atoms with Gasteiger partial charge in [-0.05, 0) is 64.3 Å². The topological polar surface area (TPSA) is 65.7 Å². The van der Waals surface area contributed by atoms with Crippen LogP contribution in [0.25, 0.3) is 11.0 Å². The fourth-order valence-corrected chi connectivity index (χ4v) is 4.36. The molecule has 0 radical (unpaired) electrons. The van der Waals surface area contributed by atoms with E-state index in [0.29, 0.717) is 26.2 Å². The molecule has 0 unspecified atom stereocenters. The van der Waals surface area contributed by atoms with Crippen LogP contribution in [0.3, 0.4) is 0 Å². The van der Waals surface area contributed by atoms with Crippen molar-refractivity contribution in [2.24, 2.45) is 0 Å². The third kappa shape index (κ3) is 5.41. The Hall–Kier alpha value is -3.22. The van der Waals surface area contributed by atoms with Crippen molar-refractivity contribution in [3.63, 3.8) is 0 Å².